The summed E-state index contributed by atoms with van der Waals surface area (Å²) in [7, 11) is 0. The summed E-state index contributed by atoms with van der Waals surface area (Å²) in [5, 5.41) is 32.2. The molecule has 0 fully saturated rings. The number of hydrogen-bond donors (Lipinski definition) is 2. The van der Waals surface area contributed by atoms with E-state index in [4.69, 9.17) is 11.6 Å². The van der Waals surface area contributed by atoms with Crippen molar-refractivity contribution >= 4 is 55.9 Å². The molecule has 136 valence electrons. The average Bonchev–Trinajstić information content (AvgIpc) is 3.00. The van der Waals surface area contributed by atoms with Crippen LogP contribution in [0, 0.1) is 22.7 Å². The van der Waals surface area contributed by atoms with Gasteiger partial charge in [-0.3, -0.25) is 4.79 Å². The molecule has 0 unspecified atom stereocenters. The minimum Gasteiger partial charge on any atom is -0.506 e. The smallest absolute Gasteiger partial charge is 0.266 e. The van der Waals surface area contributed by atoms with Crippen molar-refractivity contribution in [3.05, 3.63) is 48.8 Å². The van der Waals surface area contributed by atoms with Crippen LogP contribution in [0.15, 0.2) is 22.2 Å². The summed E-state index contributed by atoms with van der Waals surface area (Å²) in [6.45, 7) is 0. The number of aryl methyl sites for hydroxylation is 1. The number of nitrogens with one attached hydrogen (secondary N) is 1. The monoisotopic (exact) mass is 461 g/mol. The maximum Gasteiger partial charge on any atom is 0.266 e. The maximum absolute atomic E-state index is 12.6. The standard InChI is InChI=1S/C19H13BrClN3O2S/c20-12-6-10(17(25)15(21)7-12)5-11(8-22)18(26)24-19-14(9-23)13-3-1-2-4-16(13)27-19/h5-7,25H,1-4H2,(H,24,26). The Morgan fingerprint density at radius 3 is 2.78 bits per heavy atom. The molecule has 27 heavy (non-hydrogen) atoms. The number of nitrogens with zero attached hydrogens (tertiary/aromatic N) is 2. The second kappa shape index (κ2) is 8.14. The molecule has 1 aliphatic rings. The quantitative estimate of drug-likeness (QED) is 0.486. The molecule has 0 atom stereocenters. The van der Waals surface area contributed by atoms with Crippen molar-refractivity contribution in [3.8, 4) is 17.9 Å². The molecule has 1 heterocycles. The van der Waals surface area contributed by atoms with Crippen LogP contribution in [0.5, 0.6) is 5.75 Å². The van der Waals surface area contributed by atoms with Crippen LogP contribution in [-0.2, 0) is 17.6 Å². The van der Waals surface area contributed by atoms with Crippen molar-refractivity contribution in [1.29, 1.82) is 10.5 Å². The van der Waals surface area contributed by atoms with E-state index >= 15 is 0 Å². The van der Waals surface area contributed by atoms with E-state index < -0.39 is 5.91 Å². The number of fused-ring (bicyclic) bond motifs is 1. The van der Waals surface area contributed by atoms with Gasteiger partial charge in [0.1, 0.15) is 28.5 Å². The number of benzene rings is 1. The van der Waals surface area contributed by atoms with Crippen molar-refractivity contribution in [1.82, 2.24) is 0 Å². The lowest BCUT2D eigenvalue weighted by atomic mass is 9.96. The first-order valence-corrected chi connectivity index (χ1v) is 10.1. The molecule has 0 aliphatic heterocycles. The average molecular weight is 463 g/mol. The van der Waals surface area contributed by atoms with Gasteiger partial charge in [-0.1, -0.05) is 27.5 Å². The number of rotatable bonds is 3. The van der Waals surface area contributed by atoms with E-state index in [0.717, 1.165) is 36.1 Å². The molecule has 0 bridgehead atoms. The third-order valence-corrected chi connectivity index (χ3v) is 6.19. The Kier molecular flexibility index (Phi) is 5.86. The van der Waals surface area contributed by atoms with Gasteiger partial charge < -0.3 is 10.4 Å². The van der Waals surface area contributed by atoms with E-state index in [0.29, 0.717) is 15.0 Å². The van der Waals surface area contributed by atoms with Crippen LogP contribution >= 0.6 is 38.9 Å². The molecule has 1 amide bonds. The second-order valence-electron chi connectivity index (χ2n) is 5.98. The highest BCUT2D eigenvalue weighted by Gasteiger charge is 2.23. The zero-order valence-electron chi connectivity index (χ0n) is 14.0. The van der Waals surface area contributed by atoms with Crippen LogP contribution in [0.25, 0.3) is 6.08 Å². The highest BCUT2D eigenvalue weighted by Crippen LogP contribution is 2.38. The van der Waals surface area contributed by atoms with Gasteiger partial charge in [0.05, 0.1) is 10.6 Å². The molecule has 1 aromatic carbocycles. The summed E-state index contributed by atoms with van der Waals surface area (Å²) in [4.78, 5) is 13.7. The third kappa shape index (κ3) is 4.01. The normalized spacial score (nSPS) is 13.4. The lowest BCUT2D eigenvalue weighted by Crippen LogP contribution is -2.13. The zero-order chi connectivity index (χ0) is 19.6. The molecular weight excluding hydrogens is 450 g/mol. The fourth-order valence-corrected chi connectivity index (χ4v) is 5.01. The van der Waals surface area contributed by atoms with Gasteiger partial charge in [-0.25, -0.2) is 0 Å². The largest absolute Gasteiger partial charge is 0.506 e. The van der Waals surface area contributed by atoms with Gasteiger partial charge in [0.2, 0.25) is 0 Å². The van der Waals surface area contributed by atoms with Crippen LogP contribution in [0.4, 0.5) is 5.00 Å². The molecule has 5 nitrogen and oxygen atoms in total. The molecule has 2 aromatic rings. The number of carbonyl (C=O) groups excluding carboxylic acids is 1. The predicted molar refractivity (Wildman–Crippen MR) is 109 cm³/mol. The van der Waals surface area contributed by atoms with E-state index in [-0.39, 0.29) is 21.9 Å². The van der Waals surface area contributed by atoms with Gasteiger partial charge in [-0.15, -0.1) is 11.3 Å². The minimum absolute atomic E-state index is 0.103. The molecule has 0 saturated carbocycles. The van der Waals surface area contributed by atoms with E-state index in [1.165, 1.54) is 23.5 Å². The predicted octanol–water partition coefficient (Wildman–Crippen LogP) is 5.17. The van der Waals surface area contributed by atoms with Gasteiger partial charge in [0.15, 0.2) is 0 Å². The van der Waals surface area contributed by atoms with E-state index in [1.807, 2.05) is 6.07 Å². The highest BCUT2D eigenvalue weighted by molar-refractivity contribution is 9.10. The first-order valence-electron chi connectivity index (χ1n) is 8.10. The number of hydrogen-bond acceptors (Lipinski definition) is 5. The molecule has 1 aliphatic carbocycles. The number of phenolic OH excluding ortho intramolecular Hbond substituents is 1. The number of carbonyl (C=O) groups is 1. The van der Waals surface area contributed by atoms with E-state index in [2.05, 4.69) is 27.3 Å². The lowest BCUT2D eigenvalue weighted by Gasteiger charge is -2.09. The van der Waals surface area contributed by atoms with Crippen LogP contribution in [-0.4, -0.2) is 11.0 Å². The van der Waals surface area contributed by atoms with Gasteiger partial charge in [0.25, 0.3) is 5.91 Å². The highest BCUT2D eigenvalue weighted by atomic mass is 79.9. The number of phenols is 1. The molecule has 0 saturated heterocycles. The van der Waals surface area contributed by atoms with Crippen molar-refractivity contribution in [2.24, 2.45) is 0 Å². The lowest BCUT2D eigenvalue weighted by molar-refractivity contribution is -0.112. The molecular formula is C19H13BrClN3O2S. The van der Waals surface area contributed by atoms with Gasteiger partial charge in [0, 0.05) is 14.9 Å². The number of thiophene rings is 1. The third-order valence-electron chi connectivity index (χ3n) is 4.23. The van der Waals surface area contributed by atoms with Crippen LogP contribution in [0.2, 0.25) is 5.02 Å². The Morgan fingerprint density at radius 2 is 2.07 bits per heavy atom. The van der Waals surface area contributed by atoms with Gasteiger partial charge in [-0.2, -0.15) is 10.5 Å². The van der Waals surface area contributed by atoms with Crippen molar-refractivity contribution in [3.63, 3.8) is 0 Å². The molecule has 2 N–H and O–H groups in total. The van der Waals surface area contributed by atoms with Crippen LogP contribution in [0.3, 0.4) is 0 Å². The number of aromatic hydroxyl groups is 1. The zero-order valence-corrected chi connectivity index (χ0v) is 17.1. The van der Waals surface area contributed by atoms with Gasteiger partial charge in [-0.05, 0) is 49.5 Å². The van der Waals surface area contributed by atoms with E-state index in [9.17, 15) is 20.4 Å². The molecule has 3 rings (SSSR count). The maximum atomic E-state index is 12.6. The van der Waals surface area contributed by atoms with Crippen molar-refractivity contribution in [2.45, 2.75) is 25.7 Å². The summed E-state index contributed by atoms with van der Waals surface area (Å²) in [5.41, 5.74) is 1.53. The van der Waals surface area contributed by atoms with Crippen LogP contribution < -0.4 is 5.32 Å². The second-order valence-corrected chi connectivity index (χ2v) is 8.40. The molecule has 0 spiro atoms. The SMILES string of the molecule is N#CC(=Cc1cc(Br)cc(Cl)c1O)C(=O)Nc1sc2c(c1C#N)CCCC2. The topological polar surface area (TPSA) is 96.9 Å². The minimum atomic E-state index is -0.636. The fourth-order valence-electron chi connectivity index (χ4n) is 2.94. The van der Waals surface area contributed by atoms with Crippen LogP contribution in [0.1, 0.15) is 34.4 Å². The summed E-state index contributed by atoms with van der Waals surface area (Å²) in [6, 6.07) is 7.07. The summed E-state index contributed by atoms with van der Waals surface area (Å²) < 4.78 is 0.604. The molecule has 1 aromatic heterocycles. The van der Waals surface area contributed by atoms with Crippen molar-refractivity contribution < 1.29 is 9.90 Å². The Bertz CT molecular complexity index is 1050. The molecule has 8 heteroatoms. The number of nitriles is 2. The number of amides is 1. The summed E-state index contributed by atoms with van der Waals surface area (Å²) >= 11 is 10.6. The Balaban J connectivity index is 1.93. The Morgan fingerprint density at radius 1 is 1.33 bits per heavy atom. The van der Waals surface area contributed by atoms with Crippen molar-refractivity contribution in [2.75, 3.05) is 5.32 Å². The number of halogens is 2. The first kappa shape index (κ1) is 19.4. The van der Waals surface area contributed by atoms with Gasteiger partial charge >= 0.3 is 0 Å². The summed E-state index contributed by atoms with van der Waals surface area (Å²) in [5.74, 6) is -0.854. The number of anilines is 1. The Hall–Kier alpha value is -2.32. The first-order chi connectivity index (χ1) is 12.9. The Labute approximate surface area is 173 Å². The fraction of sp³-hybridized carbons (Fsp3) is 0.211. The van der Waals surface area contributed by atoms with E-state index in [1.54, 1.807) is 6.07 Å². The summed E-state index contributed by atoms with van der Waals surface area (Å²) in [6.07, 6.45) is 5.09. The molecule has 0 radical (unpaired) electrons.